The predicted octanol–water partition coefficient (Wildman–Crippen LogP) is 4.09. The van der Waals surface area contributed by atoms with Crippen molar-refractivity contribution < 1.29 is 19.5 Å². The Morgan fingerprint density at radius 1 is 1.12 bits per heavy atom. The lowest BCUT2D eigenvalue weighted by molar-refractivity contribution is -0.129. The Balaban J connectivity index is 1.69. The molecule has 1 heterocycles. The predicted molar refractivity (Wildman–Crippen MR) is 119 cm³/mol. The van der Waals surface area contributed by atoms with Crippen LogP contribution >= 0.6 is 0 Å². The third-order valence-electron chi connectivity index (χ3n) is 4.86. The molecule has 0 saturated heterocycles. The first-order valence-corrected chi connectivity index (χ1v) is 10.3. The fourth-order valence-electron chi connectivity index (χ4n) is 3.22. The van der Waals surface area contributed by atoms with Crippen molar-refractivity contribution in [1.29, 1.82) is 5.26 Å². The van der Waals surface area contributed by atoms with Crippen LogP contribution in [-0.4, -0.2) is 34.8 Å². The van der Waals surface area contributed by atoms with Crippen LogP contribution in [0.3, 0.4) is 0 Å². The van der Waals surface area contributed by atoms with E-state index in [9.17, 15) is 4.79 Å². The largest absolute Gasteiger partial charge is 0.493 e. The van der Waals surface area contributed by atoms with Crippen LogP contribution in [0.15, 0.2) is 42.7 Å². The molecule has 9 heteroatoms. The SMILES string of the molecule is COc1cc2ncnc(Nc3cccc(C#N)c3)c2cc1OCCCCCCC(=O)NO. The number of hydrogen-bond acceptors (Lipinski definition) is 8. The Morgan fingerprint density at radius 2 is 1.97 bits per heavy atom. The number of amides is 1. The Bertz CT molecular complexity index is 1110. The maximum absolute atomic E-state index is 11.0. The van der Waals surface area contributed by atoms with Gasteiger partial charge in [0.25, 0.3) is 0 Å². The maximum Gasteiger partial charge on any atom is 0.243 e. The monoisotopic (exact) mass is 435 g/mol. The zero-order valence-electron chi connectivity index (χ0n) is 17.8. The molecule has 2 aromatic carbocycles. The van der Waals surface area contributed by atoms with E-state index in [2.05, 4.69) is 21.4 Å². The second-order valence-electron chi connectivity index (χ2n) is 7.11. The van der Waals surface area contributed by atoms with Crippen LogP contribution in [0.1, 0.15) is 37.7 Å². The molecule has 166 valence electrons. The lowest BCUT2D eigenvalue weighted by Crippen LogP contribution is -2.17. The van der Waals surface area contributed by atoms with E-state index in [-0.39, 0.29) is 5.91 Å². The molecular formula is C23H25N5O4. The molecule has 0 aliphatic rings. The second kappa shape index (κ2) is 11.5. The molecule has 0 aliphatic heterocycles. The zero-order valence-corrected chi connectivity index (χ0v) is 17.8. The number of methoxy groups -OCH3 is 1. The fourth-order valence-corrected chi connectivity index (χ4v) is 3.22. The van der Waals surface area contributed by atoms with Crippen LogP contribution < -0.4 is 20.3 Å². The summed E-state index contributed by atoms with van der Waals surface area (Å²) in [6.07, 6.45) is 5.08. The van der Waals surface area contributed by atoms with Gasteiger partial charge in [-0.1, -0.05) is 18.9 Å². The van der Waals surface area contributed by atoms with E-state index in [1.165, 1.54) is 6.33 Å². The number of carbonyl (C=O) groups excluding carboxylic acids is 1. The molecule has 0 fully saturated rings. The van der Waals surface area contributed by atoms with E-state index in [1.807, 2.05) is 12.1 Å². The topological polar surface area (TPSA) is 129 Å². The molecule has 1 aromatic heterocycles. The van der Waals surface area contributed by atoms with Crippen LogP contribution in [0, 0.1) is 11.3 Å². The summed E-state index contributed by atoms with van der Waals surface area (Å²) in [7, 11) is 1.58. The van der Waals surface area contributed by atoms with Gasteiger partial charge in [0, 0.05) is 23.6 Å². The van der Waals surface area contributed by atoms with Crippen LogP contribution in [0.5, 0.6) is 11.5 Å². The molecule has 0 radical (unpaired) electrons. The summed E-state index contributed by atoms with van der Waals surface area (Å²) in [5.74, 6) is 1.39. The van der Waals surface area contributed by atoms with E-state index in [1.54, 1.807) is 36.9 Å². The molecule has 0 unspecified atom stereocenters. The molecule has 0 atom stereocenters. The number of ether oxygens (including phenoxy) is 2. The van der Waals surface area contributed by atoms with E-state index < -0.39 is 0 Å². The molecule has 0 bridgehead atoms. The smallest absolute Gasteiger partial charge is 0.243 e. The highest BCUT2D eigenvalue weighted by Gasteiger charge is 2.12. The molecule has 0 aliphatic carbocycles. The van der Waals surface area contributed by atoms with Crippen molar-refractivity contribution >= 4 is 28.3 Å². The normalized spacial score (nSPS) is 10.4. The molecular weight excluding hydrogens is 410 g/mol. The van der Waals surface area contributed by atoms with Gasteiger partial charge in [-0.25, -0.2) is 15.4 Å². The lowest BCUT2D eigenvalue weighted by atomic mass is 10.1. The van der Waals surface area contributed by atoms with Crippen molar-refractivity contribution in [2.45, 2.75) is 32.1 Å². The minimum atomic E-state index is -0.367. The molecule has 3 N–H and O–H groups in total. The summed E-state index contributed by atoms with van der Waals surface area (Å²) in [6.45, 7) is 0.495. The Kier molecular flexibility index (Phi) is 8.17. The molecule has 32 heavy (non-hydrogen) atoms. The molecule has 1 amide bonds. The van der Waals surface area contributed by atoms with E-state index >= 15 is 0 Å². The highest BCUT2D eigenvalue weighted by molar-refractivity contribution is 5.93. The van der Waals surface area contributed by atoms with Crippen LogP contribution in [0.25, 0.3) is 10.9 Å². The summed E-state index contributed by atoms with van der Waals surface area (Å²) >= 11 is 0. The van der Waals surface area contributed by atoms with Gasteiger partial charge in [-0.2, -0.15) is 5.26 Å². The molecule has 0 spiro atoms. The van der Waals surface area contributed by atoms with Gasteiger partial charge in [0.1, 0.15) is 12.1 Å². The number of hydroxylamine groups is 1. The number of fused-ring (bicyclic) bond motifs is 1. The van der Waals surface area contributed by atoms with Gasteiger partial charge < -0.3 is 14.8 Å². The Morgan fingerprint density at radius 3 is 2.75 bits per heavy atom. The Labute approximate surface area is 186 Å². The first-order valence-electron chi connectivity index (χ1n) is 10.3. The summed E-state index contributed by atoms with van der Waals surface area (Å²) in [5.41, 5.74) is 3.63. The van der Waals surface area contributed by atoms with Crippen molar-refractivity contribution in [3.05, 3.63) is 48.3 Å². The van der Waals surface area contributed by atoms with E-state index in [0.717, 1.165) is 30.3 Å². The number of nitriles is 1. The van der Waals surface area contributed by atoms with Gasteiger partial charge >= 0.3 is 0 Å². The van der Waals surface area contributed by atoms with E-state index in [4.69, 9.17) is 19.9 Å². The summed E-state index contributed by atoms with van der Waals surface area (Å²) in [5, 5.41) is 21.6. The lowest BCUT2D eigenvalue weighted by Gasteiger charge is -2.14. The average Bonchev–Trinajstić information content (AvgIpc) is 2.83. The minimum absolute atomic E-state index is 0.308. The highest BCUT2D eigenvalue weighted by Crippen LogP contribution is 2.35. The minimum Gasteiger partial charge on any atom is -0.493 e. The summed E-state index contributed by atoms with van der Waals surface area (Å²) < 4.78 is 11.4. The standard InChI is InChI=1S/C23H25N5O4/c1-31-20-13-19-18(12-21(20)32-10-5-3-2-4-9-22(29)28-30)23(26-15-25-19)27-17-8-6-7-16(11-17)14-24/h6-8,11-13,15,30H,2-5,9-10H2,1H3,(H,28,29)(H,25,26,27). The number of aromatic nitrogens is 2. The van der Waals surface area contributed by atoms with Crippen molar-refractivity contribution in [2.75, 3.05) is 19.0 Å². The number of hydrogen-bond donors (Lipinski definition) is 3. The third-order valence-corrected chi connectivity index (χ3v) is 4.86. The number of carbonyl (C=O) groups is 1. The maximum atomic E-state index is 11.0. The fraction of sp³-hybridized carbons (Fsp3) is 0.304. The number of benzene rings is 2. The van der Waals surface area contributed by atoms with Crippen molar-refractivity contribution in [3.63, 3.8) is 0 Å². The third kappa shape index (κ3) is 6.06. The second-order valence-corrected chi connectivity index (χ2v) is 7.11. The van der Waals surface area contributed by atoms with Crippen LogP contribution in [-0.2, 0) is 4.79 Å². The van der Waals surface area contributed by atoms with Crippen molar-refractivity contribution in [2.24, 2.45) is 0 Å². The molecule has 3 aromatic rings. The summed E-state index contributed by atoms with van der Waals surface area (Å²) in [6, 6.07) is 12.9. The van der Waals surface area contributed by atoms with Gasteiger partial charge in [0.05, 0.1) is 30.9 Å². The van der Waals surface area contributed by atoms with Crippen LogP contribution in [0.2, 0.25) is 0 Å². The van der Waals surface area contributed by atoms with Crippen LogP contribution in [0.4, 0.5) is 11.5 Å². The molecule has 3 rings (SSSR count). The number of rotatable bonds is 11. The number of nitrogens with one attached hydrogen (secondary N) is 2. The van der Waals surface area contributed by atoms with Gasteiger partial charge in [-0.3, -0.25) is 10.0 Å². The quantitative estimate of drug-likeness (QED) is 0.233. The molecule has 9 nitrogen and oxygen atoms in total. The highest BCUT2D eigenvalue weighted by atomic mass is 16.5. The van der Waals surface area contributed by atoms with Gasteiger partial charge in [-0.05, 0) is 37.1 Å². The first kappa shape index (κ1) is 22.8. The van der Waals surface area contributed by atoms with Gasteiger partial charge in [-0.15, -0.1) is 0 Å². The zero-order chi connectivity index (χ0) is 22.8. The van der Waals surface area contributed by atoms with E-state index in [0.29, 0.717) is 47.8 Å². The summed E-state index contributed by atoms with van der Waals surface area (Å²) in [4.78, 5) is 19.7. The molecule has 0 saturated carbocycles. The van der Waals surface area contributed by atoms with Gasteiger partial charge in [0.2, 0.25) is 5.91 Å². The van der Waals surface area contributed by atoms with Crippen molar-refractivity contribution in [1.82, 2.24) is 15.4 Å². The van der Waals surface area contributed by atoms with Crippen molar-refractivity contribution in [3.8, 4) is 17.6 Å². The first-order chi connectivity index (χ1) is 15.6. The Hall–Kier alpha value is -3.90. The number of unbranched alkanes of at least 4 members (excludes halogenated alkanes) is 3. The number of nitrogens with zero attached hydrogens (tertiary/aromatic N) is 3. The average molecular weight is 435 g/mol. The van der Waals surface area contributed by atoms with Gasteiger partial charge in [0.15, 0.2) is 11.5 Å². The number of anilines is 2.